The maximum atomic E-state index is 13.3. The summed E-state index contributed by atoms with van der Waals surface area (Å²) in [5, 5.41) is 9.07. The minimum Gasteiger partial charge on any atom is -0.494 e. The van der Waals surface area contributed by atoms with E-state index in [1.54, 1.807) is 18.2 Å². The third-order valence-corrected chi connectivity index (χ3v) is 12.3. The van der Waals surface area contributed by atoms with Gasteiger partial charge < -0.3 is 20.3 Å². The number of benzene rings is 3. The maximum Gasteiger partial charge on any atom is 0.264 e. The highest BCUT2D eigenvalue weighted by Gasteiger charge is 2.45. The van der Waals surface area contributed by atoms with Crippen molar-refractivity contribution in [3.8, 4) is 17.0 Å². The van der Waals surface area contributed by atoms with Crippen molar-refractivity contribution in [1.82, 2.24) is 15.2 Å². The standard InChI is InChI=1S/C45H48N6O7S/c1-27-40(31-16-17-35-30(26-31)20-22-50(35)42(55)29-14-15-29)49-45(59-27)48-38(53)25-28-10-8-11-32(24-28)58-23-7-5-3-2-4-6-21-46-34-13-9-12-33-39(34)44(57)51(43(33)56)36-18-19-37(52)47-41(36)54/h8-13,16-17,24,26,29,36,46H,2-7,14-15,18-23,25H2,1H3,(H,47,52,54)(H,48,49,53). The highest BCUT2D eigenvalue weighted by Crippen LogP contribution is 2.39. The van der Waals surface area contributed by atoms with Crippen LogP contribution in [0.15, 0.2) is 60.7 Å². The van der Waals surface area contributed by atoms with Gasteiger partial charge in [0.05, 0.1) is 29.8 Å². The summed E-state index contributed by atoms with van der Waals surface area (Å²) in [5.74, 6) is -1.02. The van der Waals surface area contributed by atoms with Gasteiger partial charge in [0.2, 0.25) is 23.6 Å². The van der Waals surface area contributed by atoms with Gasteiger partial charge in [-0.1, -0.05) is 49.9 Å². The zero-order chi connectivity index (χ0) is 41.0. The largest absolute Gasteiger partial charge is 0.494 e. The molecule has 14 heteroatoms. The highest BCUT2D eigenvalue weighted by molar-refractivity contribution is 7.16. The number of piperidine rings is 1. The van der Waals surface area contributed by atoms with E-state index >= 15 is 0 Å². The molecule has 2 fully saturated rings. The Morgan fingerprint density at radius 1 is 0.898 bits per heavy atom. The quantitative estimate of drug-likeness (QED) is 0.0765. The monoisotopic (exact) mass is 816 g/mol. The molecule has 4 heterocycles. The third kappa shape index (κ3) is 8.92. The fourth-order valence-electron chi connectivity index (χ4n) is 8.15. The summed E-state index contributed by atoms with van der Waals surface area (Å²) in [6.45, 7) is 3.96. The van der Waals surface area contributed by atoms with Crippen LogP contribution in [-0.4, -0.2) is 71.1 Å². The van der Waals surface area contributed by atoms with Crippen molar-refractivity contribution in [2.75, 3.05) is 35.2 Å². The number of hydrogen-bond acceptors (Lipinski definition) is 10. The van der Waals surface area contributed by atoms with Crippen molar-refractivity contribution in [3.05, 3.63) is 87.8 Å². The second-order valence-corrected chi connectivity index (χ2v) is 16.9. The van der Waals surface area contributed by atoms with Gasteiger partial charge in [0.25, 0.3) is 11.8 Å². The molecule has 3 aliphatic heterocycles. The number of amides is 6. The first kappa shape index (κ1) is 39.9. The Morgan fingerprint density at radius 2 is 1.69 bits per heavy atom. The number of thiazole rings is 1. The van der Waals surface area contributed by atoms with Gasteiger partial charge >= 0.3 is 0 Å². The zero-order valence-corrected chi connectivity index (χ0v) is 34.0. The number of fused-ring (bicyclic) bond motifs is 2. The molecule has 1 saturated heterocycles. The van der Waals surface area contributed by atoms with Crippen molar-refractivity contribution in [2.24, 2.45) is 5.92 Å². The highest BCUT2D eigenvalue weighted by atomic mass is 32.1. The van der Waals surface area contributed by atoms with Crippen molar-refractivity contribution < 1.29 is 33.5 Å². The normalized spacial score (nSPS) is 17.2. The summed E-state index contributed by atoms with van der Waals surface area (Å²) in [7, 11) is 0. The Morgan fingerprint density at radius 3 is 2.51 bits per heavy atom. The zero-order valence-electron chi connectivity index (χ0n) is 33.1. The summed E-state index contributed by atoms with van der Waals surface area (Å²) in [5.41, 5.74) is 5.98. The lowest BCUT2D eigenvalue weighted by Crippen LogP contribution is -2.54. The topological polar surface area (TPSA) is 167 Å². The number of anilines is 3. The van der Waals surface area contributed by atoms with Crippen molar-refractivity contribution >= 4 is 63.3 Å². The van der Waals surface area contributed by atoms with Crippen LogP contribution in [0.3, 0.4) is 0 Å². The first-order valence-corrected chi connectivity index (χ1v) is 21.5. The number of aromatic nitrogens is 1. The molecule has 8 rings (SSSR count). The van der Waals surface area contributed by atoms with E-state index in [1.165, 1.54) is 11.3 Å². The Labute approximate surface area is 346 Å². The van der Waals surface area contributed by atoms with E-state index in [-0.39, 0.29) is 48.1 Å². The van der Waals surface area contributed by atoms with Gasteiger partial charge in [-0.15, -0.1) is 11.3 Å². The predicted octanol–water partition coefficient (Wildman–Crippen LogP) is 6.83. The van der Waals surface area contributed by atoms with Gasteiger partial charge in [0.1, 0.15) is 11.8 Å². The molecule has 306 valence electrons. The first-order chi connectivity index (χ1) is 28.6. The van der Waals surface area contributed by atoms with Gasteiger partial charge in [-0.05, 0) is 93.0 Å². The second kappa shape index (κ2) is 17.5. The molecule has 6 amide bonds. The Hall–Kier alpha value is -5.89. The molecule has 0 bridgehead atoms. The minimum absolute atomic E-state index is 0.0819. The molecule has 0 spiro atoms. The van der Waals surface area contributed by atoms with E-state index in [2.05, 4.69) is 22.0 Å². The molecule has 3 N–H and O–H groups in total. The van der Waals surface area contributed by atoms with E-state index in [0.29, 0.717) is 24.0 Å². The molecule has 1 aliphatic carbocycles. The molecule has 4 aromatic rings. The van der Waals surface area contributed by atoms with Gasteiger partial charge in [0.15, 0.2) is 5.13 Å². The first-order valence-electron chi connectivity index (χ1n) is 20.7. The molecule has 13 nitrogen and oxygen atoms in total. The van der Waals surface area contributed by atoms with Gasteiger partial charge in [-0.25, -0.2) is 4.98 Å². The van der Waals surface area contributed by atoms with Crippen LogP contribution in [-0.2, 0) is 32.0 Å². The van der Waals surface area contributed by atoms with Crippen LogP contribution in [0, 0.1) is 12.8 Å². The molecule has 1 atom stereocenters. The lowest BCUT2D eigenvalue weighted by molar-refractivity contribution is -0.136. The van der Waals surface area contributed by atoms with E-state index in [1.807, 2.05) is 48.2 Å². The summed E-state index contributed by atoms with van der Waals surface area (Å²) in [6.07, 6.45) is 9.17. The lowest BCUT2D eigenvalue weighted by atomic mass is 10.0. The lowest BCUT2D eigenvalue weighted by Gasteiger charge is -2.27. The molecule has 1 aromatic heterocycles. The Kier molecular flexibility index (Phi) is 11.9. The molecular formula is C45H48N6O7S. The van der Waals surface area contributed by atoms with Crippen LogP contribution < -0.4 is 25.6 Å². The smallest absolute Gasteiger partial charge is 0.264 e. The molecule has 59 heavy (non-hydrogen) atoms. The number of carbonyl (C=O) groups excluding carboxylic acids is 6. The van der Waals surface area contributed by atoms with E-state index in [4.69, 9.17) is 9.72 Å². The fourth-order valence-corrected chi connectivity index (χ4v) is 9.00. The number of carbonyl (C=O) groups is 6. The average Bonchev–Trinajstić information content (AvgIpc) is 3.81. The number of aryl methyl sites for hydroxylation is 1. The number of ether oxygens (including phenoxy) is 1. The fraction of sp³-hybridized carbons (Fsp3) is 0.400. The predicted molar refractivity (Wildman–Crippen MR) is 225 cm³/mol. The third-order valence-electron chi connectivity index (χ3n) is 11.4. The Bertz CT molecular complexity index is 2320. The number of rotatable bonds is 17. The average molecular weight is 817 g/mol. The summed E-state index contributed by atoms with van der Waals surface area (Å²) >= 11 is 1.46. The van der Waals surface area contributed by atoms with Crippen LogP contribution in [0.5, 0.6) is 5.75 Å². The molecule has 0 radical (unpaired) electrons. The van der Waals surface area contributed by atoms with Crippen molar-refractivity contribution in [2.45, 2.75) is 90.0 Å². The van der Waals surface area contributed by atoms with E-state index in [0.717, 1.165) is 108 Å². The second-order valence-electron chi connectivity index (χ2n) is 15.7. The van der Waals surface area contributed by atoms with Gasteiger partial charge in [-0.2, -0.15) is 0 Å². The van der Waals surface area contributed by atoms with E-state index < -0.39 is 29.7 Å². The molecule has 1 saturated carbocycles. The van der Waals surface area contributed by atoms with Crippen molar-refractivity contribution in [3.63, 3.8) is 0 Å². The molecule has 1 unspecified atom stereocenters. The minimum atomic E-state index is -0.988. The maximum absolute atomic E-state index is 13.3. The molecular weight excluding hydrogens is 769 g/mol. The van der Waals surface area contributed by atoms with Crippen molar-refractivity contribution in [1.29, 1.82) is 0 Å². The number of unbranched alkanes of at least 4 members (excludes halogenated alkanes) is 5. The van der Waals surface area contributed by atoms with Gasteiger partial charge in [0, 0.05) is 47.2 Å². The van der Waals surface area contributed by atoms with E-state index in [9.17, 15) is 28.8 Å². The summed E-state index contributed by atoms with van der Waals surface area (Å²) in [4.78, 5) is 84.8. The number of hydrogen-bond donors (Lipinski definition) is 3. The molecule has 4 aliphatic rings. The molecule has 3 aromatic carbocycles. The number of imide groups is 2. The summed E-state index contributed by atoms with van der Waals surface area (Å²) in [6, 6.07) is 17.9. The number of nitrogens with one attached hydrogen (secondary N) is 3. The van der Waals surface area contributed by atoms with Crippen LogP contribution >= 0.6 is 11.3 Å². The van der Waals surface area contributed by atoms with Crippen LogP contribution in [0.4, 0.5) is 16.5 Å². The summed E-state index contributed by atoms with van der Waals surface area (Å²) < 4.78 is 6.02. The van der Waals surface area contributed by atoms with Crippen LogP contribution in [0.1, 0.15) is 101 Å². The SMILES string of the molecule is Cc1sc(NC(=O)Cc2cccc(OCCCCCCCCNc3cccc4c3C(=O)N(C3CCC(=O)NC3=O)C4=O)c2)nc1-c1ccc2c(c1)CCN2C(=O)C1CC1. The Balaban J connectivity index is 0.722. The van der Waals surface area contributed by atoms with Crippen LogP contribution in [0.25, 0.3) is 11.3 Å². The van der Waals surface area contributed by atoms with Gasteiger partial charge in [-0.3, -0.25) is 39.0 Å². The van der Waals surface area contributed by atoms with Crippen LogP contribution in [0.2, 0.25) is 0 Å². The number of nitrogens with zero attached hydrogens (tertiary/aromatic N) is 3.